The minimum atomic E-state index is -0.0947. The summed E-state index contributed by atoms with van der Waals surface area (Å²) < 4.78 is 0. The molecule has 0 aliphatic heterocycles. The van der Waals surface area contributed by atoms with Crippen LogP contribution in [0.15, 0.2) is 6.07 Å². The van der Waals surface area contributed by atoms with Crippen molar-refractivity contribution in [3.05, 3.63) is 11.9 Å². The molecule has 0 saturated carbocycles. The lowest BCUT2D eigenvalue weighted by molar-refractivity contribution is 0.311. The maximum absolute atomic E-state index is 8.76. The van der Waals surface area contributed by atoms with Crippen LogP contribution in [0.1, 0.15) is 26.6 Å². The van der Waals surface area contributed by atoms with Gasteiger partial charge in [-0.15, -0.1) is 0 Å². The molecule has 0 bridgehead atoms. The van der Waals surface area contributed by atoms with Crippen molar-refractivity contribution >= 4 is 11.6 Å². The fraction of sp³-hybridized carbons (Fsp3) is 0.636. The van der Waals surface area contributed by atoms with E-state index >= 15 is 0 Å². The number of hydrogen-bond acceptors (Lipinski definition) is 5. The third kappa shape index (κ3) is 3.34. The molecule has 0 saturated heterocycles. The van der Waals surface area contributed by atoms with Crippen molar-refractivity contribution in [2.75, 3.05) is 30.8 Å². The first-order valence-corrected chi connectivity index (χ1v) is 5.39. The van der Waals surface area contributed by atoms with Crippen LogP contribution in [0.5, 0.6) is 0 Å². The lowest BCUT2D eigenvalue weighted by atomic mass is 9.96. The average Bonchev–Trinajstić information content (AvgIpc) is 2.24. The Balaban J connectivity index is 3.01. The maximum atomic E-state index is 8.76. The third-order valence-corrected chi connectivity index (χ3v) is 2.07. The zero-order chi connectivity index (χ0) is 12.2. The van der Waals surface area contributed by atoms with Crippen LogP contribution in [0.2, 0.25) is 0 Å². The molecule has 1 aromatic heterocycles. The Morgan fingerprint density at radius 2 is 1.88 bits per heavy atom. The Kier molecular flexibility index (Phi) is 4.06. The monoisotopic (exact) mass is 224 g/mol. The van der Waals surface area contributed by atoms with Crippen molar-refractivity contribution in [2.24, 2.45) is 0 Å². The molecule has 0 spiro atoms. The Bertz CT molecular complexity index is 346. The van der Waals surface area contributed by atoms with Gasteiger partial charge in [-0.05, 0) is 0 Å². The second-order valence-electron chi connectivity index (χ2n) is 4.61. The molecule has 0 aliphatic rings. The fourth-order valence-corrected chi connectivity index (χ4v) is 1.19. The van der Waals surface area contributed by atoms with Gasteiger partial charge >= 0.3 is 0 Å². The lowest BCUT2D eigenvalue weighted by Crippen LogP contribution is -2.18. The highest BCUT2D eigenvalue weighted by molar-refractivity contribution is 5.47. The minimum absolute atomic E-state index is 0.0870. The van der Waals surface area contributed by atoms with Gasteiger partial charge in [-0.3, -0.25) is 0 Å². The largest absolute Gasteiger partial charge is 0.395 e. The summed E-state index contributed by atoms with van der Waals surface area (Å²) in [5.74, 6) is 2.29. The van der Waals surface area contributed by atoms with Crippen molar-refractivity contribution in [3.63, 3.8) is 0 Å². The zero-order valence-corrected chi connectivity index (χ0v) is 10.3. The minimum Gasteiger partial charge on any atom is -0.395 e. The third-order valence-electron chi connectivity index (χ3n) is 2.07. The number of hydrogen-bond donors (Lipinski definition) is 3. The highest BCUT2D eigenvalue weighted by atomic mass is 16.3. The van der Waals surface area contributed by atoms with E-state index in [1.54, 1.807) is 0 Å². The van der Waals surface area contributed by atoms with Crippen LogP contribution in [-0.4, -0.2) is 35.3 Å². The summed E-state index contributed by atoms with van der Waals surface area (Å²) >= 11 is 0. The molecule has 5 heteroatoms. The highest BCUT2D eigenvalue weighted by Crippen LogP contribution is 2.21. The molecule has 1 heterocycles. The van der Waals surface area contributed by atoms with Gasteiger partial charge in [0.15, 0.2) is 0 Å². The predicted octanol–water partition coefficient (Wildman–Crippen LogP) is 1.22. The van der Waals surface area contributed by atoms with Gasteiger partial charge in [0.25, 0.3) is 0 Å². The smallest absolute Gasteiger partial charge is 0.138 e. The van der Waals surface area contributed by atoms with Crippen molar-refractivity contribution in [1.82, 2.24) is 9.97 Å². The quantitative estimate of drug-likeness (QED) is 0.717. The van der Waals surface area contributed by atoms with Crippen molar-refractivity contribution in [3.8, 4) is 0 Å². The number of nitrogens with one attached hydrogen (secondary N) is 2. The predicted molar refractivity (Wildman–Crippen MR) is 65.9 cm³/mol. The van der Waals surface area contributed by atoms with E-state index in [4.69, 9.17) is 5.11 Å². The van der Waals surface area contributed by atoms with Crippen LogP contribution in [0.25, 0.3) is 0 Å². The van der Waals surface area contributed by atoms with E-state index in [1.807, 2.05) is 13.1 Å². The van der Waals surface area contributed by atoms with Gasteiger partial charge in [-0.2, -0.15) is 0 Å². The number of nitrogens with zero attached hydrogens (tertiary/aromatic N) is 2. The summed E-state index contributed by atoms with van der Waals surface area (Å²) in [6.45, 7) is 6.78. The average molecular weight is 224 g/mol. The van der Waals surface area contributed by atoms with E-state index in [0.29, 0.717) is 6.54 Å². The van der Waals surface area contributed by atoms with Gasteiger partial charge in [0.05, 0.1) is 6.61 Å². The maximum Gasteiger partial charge on any atom is 0.138 e. The van der Waals surface area contributed by atoms with Gasteiger partial charge < -0.3 is 15.7 Å². The first-order valence-electron chi connectivity index (χ1n) is 5.39. The summed E-state index contributed by atoms with van der Waals surface area (Å²) in [5.41, 5.74) is -0.0947. The number of aromatic nitrogens is 2. The zero-order valence-electron chi connectivity index (χ0n) is 10.3. The normalized spacial score (nSPS) is 11.3. The van der Waals surface area contributed by atoms with E-state index in [9.17, 15) is 0 Å². The molecule has 3 N–H and O–H groups in total. The van der Waals surface area contributed by atoms with Crippen LogP contribution in [0.4, 0.5) is 11.6 Å². The molecule has 0 fully saturated rings. The molecule has 0 aliphatic carbocycles. The molecule has 0 unspecified atom stereocenters. The Morgan fingerprint density at radius 3 is 2.38 bits per heavy atom. The fourth-order valence-electron chi connectivity index (χ4n) is 1.19. The SMILES string of the molecule is CNc1cc(NCCO)nc(C(C)(C)C)n1. The lowest BCUT2D eigenvalue weighted by Gasteiger charge is -2.18. The number of aliphatic hydroxyl groups is 1. The van der Waals surface area contributed by atoms with Crippen LogP contribution < -0.4 is 10.6 Å². The highest BCUT2D eigenvalue weighted by Gasteiger charge is 2.18. The first kappa shape index (κ1) is 12.7. The van der Waals surface area contributed by atoms with Crippen molar-refractivity contribution in [1.29, 1.82) is 0 Å². The standard InChI is InChI=1S/C11H20N4O/c1-11(2,3)10-14-8(12-4)7-9(15-10)13-5-6-16/h7,16H,5-6H2,1-4H3,(H2,12,13,14,15). The van der Waals surface area contributed by atoms with Gasteiger partial charge in [-0.1, -0.05) is 20.8 Å². The van der Waals surface area contributed by atoms with E-state index in [-0.39, 0.29) is 12.0 Å². The number of anilines is 2. The van der Waals surface area contributed by atoms with Gasteiger partial charge in [0, 0.05) is 25.1 Å². The van der Waals surface area contributed by atoms with E-state index < -0.39 is 0 Å². The van der Waals surface area contributed by atoms with E-state index in [1.165, 1.54) is 0 Å². The molecular formula is C11H20N4O. The molecule has 90 valence electrons. The summed E-state index contributed by atoms with van der Waals surface area (Å²) in [6, 6.07) is 1.82. The number of rotatable bonds is 4. The van der Waals surface area contributed by atoms with Gasteiger partial charge in [-0.25, -0.2) is 9.97 Å². The molecule has 0 radical (unpaired) electrons. The Morgan fingerprint density at radius 1 is 1.25 bits per heavy atom. The molecule has 0 amide bonds. The molecule has 1 rings (SSSR count). The van der Waals surface area contributed by atoms with Crippen molar-refractivity contribution < 1.29 is 5.11 Å². The van der Waals surface area contributed by atoms with E-state index in [0.717, 1.165) is 17.5 Å². The summed E-state index contributed by atoms with van der Waals surface area (Å²) in [5, 5.41) is 14.8. The summed E-state index contributed by atoms with van der Waals surface area (Å²) in [4.78, 5) is 8.82. The molecule has 16 heavy (non-hydrogen) atoms. The van der Waals surface area contributed by atoms with Crippen molar-refractivity contribution in [2.45, 2.75) is 26.2 Å². The molecule has 0 aromatic carbocycles. The summed E-state index contributed by atoms with van der Waals surface area (Å²) in [6.07, 6.45) is 0. The van der Waals surface area contributed by atoms with Crippen LogP contribution >= 0.6 is 0 Å². The Labute approximate surface area is 96.3 Å². The van der Waals surface area contributed by atoms with Gasteiger partial charge in [0.1, 0.15) is 17.5 Å². The van der Waals surface area contributed by atoms with Crippen LogP contribution in [0.3, 0.4) is 0 Å². The van der Waals surface area contributed by atoms with Crippen LogP contribution in [-0.2, 0) is 5.41 Å². The second kappa shape index (κ2) is 5.12. The van der Waals surface area contributed by atoms with E-state index in [2.05, 4.69) is 41.4 Å². The van der Waals surface area contributed by atoms with Gasteiger partial charge in [0.2, 0.25) is 0 Å². The Hall–Kier alpha value is -1.36. The first-order chi connectivity index (χ1) is 7.47. The summed E-state index contributed by atoms with van der Waals surface area (Å²) in [7, 11) is 1.82. The molecule has 0 atom stereocenters. The molecular weight excluding hydrogens is 204 g/mol. The van der Waals surface area contributed by atoms with Crippen LogP contribution in [0, 0.1) is 0 Å². The number of aliphatic hydroxyl groups excluding tert-OH is 1. The molecule has 5 nitrogen and oxygen atoms in total. The molecule has 1 aromatic rings. The second-order valence-corrected chi connectivity index (χ2v) is 4.61. The topological polar surface area (TPSA) is 70.1 Å².